The van der Waals surface area contributed by atoms with Gasteiger partial charge in [-0.05, 0) is 25.8 Å². The van der Waals surface area contributed by atoms with Crippen molar-refractivity contribution in [2.75, 3.05) is 6.54 Å². The van der Waals surface area contributed by atoms with Gasteiger partial charge in [-0.2, -0.15) is 0 Å². The van der Waals surface area contributed by atoms with Crippen LogP contribution in [0.5, 0.6) is 0 Å². The van der Waals surface area contributed by atoms with Crippen molar-refractivity contribution in [1.29, 1.82) is 0 Å². The summed E-state index contributed by atoms with van der Waals surface area (Å²) >= 11 is 0. The Morgan fingerprint density at radius 1 is 1.38 bits per heavy atom. The first kappa shape index (κ1) is 8.25. The zero-order valence-electron chi connectivity index (χ0n) is 5.48. The van der Waals surface area contributed by atoms with E-state index in [0.29, 0.717) is 0 Å². The third-order valence-corrected chi connectivity index (χ3v) is 1.92. The number of nitrogens with one attached hydrogen (secondary N) is 1. The Labute approximate surface area is 57.3 Å². The first-order chi connectivity index (χ1) is 3.30. The number of hydrogen-bond donors (Lipinski definition) is 1. The lowest BCUT2D eigenvalue weighted by Gasteiger charge is -2.05. The van der Waals surface area contributed by atoms with Gasteiger partial charge < -0.3 is 5.32 Å². The number of hydrogen-bond acceptors (Lipinski definition) is 1. The van der Waals surface area contributed by atoms with Gasteiger partial charge in [0.1, 0.15) is 0 Å². The normalized spacial score (nSPS) is 36.8. The molecule has 50 valence electrons. The minimum atomic E-state index is 0. The Morgan fingerprint density at radius 2 is 2.00 bits per heavy atom. The highest BCUT2D eigenvalue weighted by molar-refractivity contribution is 5.85. The van der Waals surface area contributed by atoms with E-state index in [4.69, 9.17) is 0 Å². The maximum absolute atomic E-state index is 3.37. The topological polar surface area (TPSA) is 12.0 Å². The molecule has 1 saturated heterocycles. The van der Waals surface area contributed by atoms with Crippen molar-refractivity contribution in [3.63, 3.8) is 0 Å². The van der Waals surface area contributed by atoms with E-state index in [2.05, 4.69) is 19.2 Å². The lowest BCUT2D eigenvalue weighted by molar-refractivity contribution is 0.519. The molecule has 0 aromatic rings. The molecule has 0 unspecified atom stereocenters. The highest BCUT2D eigenvalue weighted by atomic mass is 35.5. The minimum Gasteiger partial charge on any atom is -0.314 e. The van der Waals surface area contributed by atoms with E-state index in [1.165, 1.54) is 13.0 Å². The van der Waals surface area contributed by atoms with Gasteiger partial charge in [0.05, 0.1) is 0 Å². The summed E-state index contributed by atoms with van der Waals surface area (Å²) in [6, 6.07) is 0.764. The van der Waals surface area contributed by atoms with Crippen LogP contribution in [0.2, 0.25) is 0 Å². The minimum absolute atomic E-state index is 0. The molecular weight excluding hydrogens is 122 g/mol. The molecule has 1 heterocycles. The monoisotopic (exact) mass is 135 g/mol. The zero-order chi connectivity index (χ0) is 5.28. The number of rotatable bonds is 0. The van der Waals surface area contributed by atoms with Gasteiger partial charge in [-0.1, -0.05) is 6.92 Å². The van der Waals surface area contributed by atoms with Crippen molar-refractivity contribution in [1.82, 2.24) is 5.32 Å². The smallest absolute Gasteiger partial charge is 0.00648 e. The van der Waals surface area contributed by atoms with Gasteiger partial charge in [0, 0.05) is 6.04 Å². The predicted molar refractivity (Wildman–Crippen MR) is 38.5 cm³/mol. The molecule has 1 rings (SSSR count). The zero-order valence-corrected chi connectivity index (χ0v) is 6.29. The summed E-state index contributed by atoms with van der Waals surface area (Å²) < 4.78 is 0. The first-order valence-corrected chi connectivity index (χ1v) is 3.04. The van der Waals surface area contributed by atoms with E-state index in [1.807, 2.05) is 0 Å². The van der Waals surface area contributed by atoms with Gasteiger partial charge in [0.2, 0.25) is 0 Å². The molecule has 1 aliphatic heterocycles. The molecule has 2 atom stereocenters. The lowest BCUT2D eigenvalue weighted by Crippen LogP contribution is -2.20. The molecule has 8 heavy (non-hydrogen) atoms. The molecule has 0 spiro atoms. The van der Waals surface area contributed by atoms with E-state index in [1.54, 1.807) is 0 Å². The molecule has 0 saturated carbocycles. The van der Waals surface area contributed by atoms with Crippen molar-refractivity contribution in [3.05, 3.63) is 0 Å². The van der Waals surface area contributed by atoms with Gasteiger partial charge in [0.15, 0.2) is 0 Å². The molecule has 1 nitrogen and oxygen atoms in total. The molecule has 2 heteroatoms. The van der Waals surface area contributed by atoms with Crippen LogP contribution >= 0.6 is 12.4 Å². The van der Waals surface area contributed by atoms with Crippen molar-refractivity contribution in [2.45, 2.75) is 26.3 Å². The molecular formula is C6H14ClN. The second-order valence-corrected chi connectivity index (χ2v) is 2.51. The molecule has 0 bridgehead atoms. The third-order valence-electron chi connectivity index (χ3n) is 1.92. The fourth-order valence-corrected chi connectivity index (χ4v) is 0.990. The van der Waals surface area contributed by atoms with Gasteiger partial charge in [-0.25, -0.2) is 0 Å². The van der Waals surface area contributed by atoms with Gasteiger partial charge in [-0.3, -0.25) is 0 Å². The second-order valence-electron chi connectivity index (χ2n) is 2.51. The van der Waals surface area contributed by atoms with Crippen LogP contribution in [-0.4, -0.2) is 12.6 Å². The summed E-state index contributed by atoms with van der Waals surface area (Å²) in [5.41, 5.74) is 0. The standard InChI is InChI=1S/C6H13N.ClH/c1-5-3-4-7-6(5)2;/h5-7H,3-4H2,1-2H3;1H/t5-,6+;/m0./s1. The molecule has 0 aromatic heterocycles. The SMILES string of the molecule is C[C@H]1CCN[C@@H]1C.Cl. The van der Waals surface area contributed by atoms with Crippen molar-refractivity contribution < 1.29 is 0 Å². The van der Waals surface area contributed by atoms with E-state index >= 15 is 0 Å². The van der Waals surface area contributed by atoms with Crippen LogP contribution in [0.15, 0.2) is 0 Å². The molecule has 0 radical (unpaired) electrons. The maximum atomic E-state index is 3.37. The summed E-state index contributed by atoms with van der Waals surface area (Å²) in [7, 11) is 0. The van der Waals surface area contributed by atoms with Crippen LogP contribution in [0.4, 0.5) is 0 Å². The highest BCUT2D eigenvalue weighted by Crippen LogP contribution is 2.12. The van der Waals surface area contributed by atoms with Crippen LogP contribution in [0.3, 0.4) is 0 Å². The summed E-state index contributed by atoms with van der Waals surface area (Å²) in [4.78, 5) is 0. The Bertz CT molecular complexity index is 57.5. The molecule has 1 N–H and O–H groups in total. The van der Waals surface area contributed by atoms with Crippen molar-refractivity contribution >= 4 is 12.4 Å². The van der Waals surface area contributed by atoms with Gasteiger partial charge in [-0.15, -0.1) is 12.4 Å². The fourth-order valence-electron chi connectivity index (χ4n) is 0.990. The van der Waals surface area contributed by atoms with Crippen LogP contribution in [0, 0.1) is 5.92 Å². The summed E-state index contributed by atoms with van der Waals surface area (Å²) in [5.74, 6) is 0.903. The van der Waals surface area contributed by atoms with Crippen molar-refractivity contribution in [3.8, 4) is 0 Å². The second kappa shape index (κ2) is 3.31. The van der Waals surface area contributed by atoms with E-state index in [9.17, 15) is 0 Å². The van der Waals surface area contributed by atoms with E-state index in [-0.39, 0.29) is 12.4 Å². The molecule has 1 fully saturated rings. The van der Waals surface area contributed by atoms with Crippen molar-refractivity contribution in [2.24, 2.45) is 5.92 Å². The summed E-state index contributed by atoms with van der Waals surface area (Å²) in [6.45, 7) is 5.77. The Morgan fingerprint density at radius 3 is 2.12 bits per heavy atom. The Hall–Kier alpha value is 0.250. The van der Waals surface area contributed by atoms with Crippen LogP contribution in [0.1, 0.15) is 20.3 Å². The van der Waals surface area contributed by atoms with Gasteiger partial charge >= 0.3 is 0 Å². The van der Waals surface area contributed by atoms with Crippen LogP contribution in [0.25, 0.3) is 0 Å². The predicted octanol–water partition coefficient (Wildman–Crippen LogP) is 1.43. The quantitative estimate of drug-likeness (QED) is 0.530. The lowest BCUT2D eigenvalue weighted by atomic mass is 10.1. The van der Waals surface area contributed by atoms with E-state index < -0.39 is 0 Å². The maximum Gasteiger partial charge on any atom is 0.00648 e. The number of halogens is 1. The summed E-state index contributed by atoms with van der Waals surface area (Å²) in [6.07, 6.45) is 1.36. The molecule has 0 amide bonds. The van der Waals surface area contributed by atoms with E-state index in [0.717, 1.165) is 12.0 Å². The highest BCUT2D eigenvalue weighted by Gasteiger charge is 2.16. The summed E-state index contributed by atoms with van der Waals surface area (Å²) in [5, 5.41) is 3.37. The molecule has 1 aliphatic rings. The Kier molecular flexibility index (Phi) is 3.41. The molecule has 0 aromatic carbocycles. The Balaban J connectivity index is 0.000000490. The van der Waals surface area contributed by atoms with Gasteiger partial charge in [0.25, 0.3) is 0 Å². The molecule has 0 aliphatic carbocycles. The largest absolute Gasteiger partial charge is 0.314 e. The third kappa shape index (κ3) is 1.64. The first-order valence-electron chi connectivity index (χ1n) is 3.04. The fraction of sp³-hybridized carbons (Fsp3) is 1.00. The average Bonchev–Trinajstić information content (AvgIpc) is 1.91. The average molecular weight is 136 g/mol. The van der Waals surface area contributed by atoms with Crippen LogP contribution < -0.4 is 5.32 Å². The van der Waals surface area contributed by atoms with Crippen LogP contribution in [-0.2, 0) is 0 Å².